The molecule has 0 aliphatic carbocycles. The van der Waals surface area contributed by atoms with Crippen LogP contribution in [0, 0.1) is 11.6 Å². The maximum Gasteiger partial charge on any atom is 0.130 e. The Morgan fingerprint density at radius 1 is 1.36 bits per heavy atom. The highest BCUT2D eigenvalue weighted by Gasteiger charge is 2.12. The summed E-state index contributed by atoms with van der Waals surface area (Å²) in [6.07, 6.45) is 2.98. The average Bonchev–Trinajstić information content (AvgIpc) is 2.14. The molecule has 0 spiro atoms. The van der Waals surface area contributed by atoms with Crippen molar-refractivity contribution in [3.05, 3.63) is 35.4 Å². The molecule has 14 heavy (non-hydrogen) atoms. The SMILES string of the molecule is CCCCC(Br)c1ccc(F)cc1F. The molecule has 1 unspecified atom stereocenters. The Hall–Kier alpha value is -0.440. The third-order valence-corrected chi connectivity index (χ3v) is 3.06. The minimum atomic E-state index is -0.526. The molecule has 1 aromatic rings. The number of benzene rings is 1. The topological polar surface area (TPSA) is 0 Å². The van der Waals surface area contributed by atoms with Crippen molar-refractivity contribution >= 4 is 15.9 Å². The summed E-state index contributed by atoms with van der Waals surface area (Å²) in [5.74, 6) is -0.996. The predicted octanol–water partition coefficient (Wildman–Crippen LogP) is 4.59. The summed E-state index contributed by atoms with van der Waals surface area (Å²) in [6, 6.07) is 3.72. The maximum absolute atomic E-state index is 13.3. The summed E-state index contributed by atoms with van der Waals surface area (Å²) < 4.78 is 25.9. The van der Waals surface area contributed by atoms with Crippen LogP contribution in [0.5, 0.6) is 0 Å². The lowest BCUT2D eigenvalue weighted by Gasteiger charge is -2.10. The molecular formula is C11H13BrF2. The number of unbranched alkanes of at least 4 members (excludes halogenated alkanes) is 1. The quantitative estimate of drug-likeness (QED) is 0.697. The first-order chi connectivity index (χ1) is 6.65. The predicted molar refractivity (Wildman–Crippen MR) is 57.6 cm³/mol. The second kappa shape index (κ2) is 5.44. The van der Waals surface area contributed by atoms with E-state index in [1.54, 1.807) is 0 Å². The fourth-order valence-electron chi connectivity index (χ4n) is 1.29. The van der Waals surface area contributed by atoms with Gasteiger partial charge in [-0.05, 0) is 12.5 Å². The molecule has 0 heterocycles. The first kappa shape index (κ1) is 11.6. The van der Waals surface area contributed by atoms with Crippen molar-refractivity contribution in [2.75, 3.05) is 0 Å². The fraction of sp³-hybridized carbons (Fsp3) is 0.455. The van der Waals surface area contributed by atoms with Gasteiger partial charge in [0.15, 0.2) is 0 Å². The first-order valence-corrected chi connectivity index (χ1v) is 5.65. The lowest BCUT2D eigenvalue weighted by atomic mass is 10.1. The van der Waals surface area contributed by atoms with Gasteiger partial charge < -0.3 is 0 Å². The number of halogens is 3. The Morgan fingerprint density at radius 3 is 2.64 bits per heavy atom. The van der Waals surface area contributed by atoms with E-state index < -0.39 is 11.6 Å². The summed E-state index contributed by atoms with van der Waals surface area (Å²) in [6.45, 7) is 2.08. The van der Waals surface area contributed by atoms with E-state index in [9.17, 15) is 8.78 Å². The van der Waals surface area contributed by atoms with E-state index in [4.69, 9.17) is 0 Å². The molecule has 0 saturated carbocycles. The zero-order valence-corrected chi connectivity index (χ0v) is 9.65. The van der Waals surface area contributed by atoms with Crippen molar-refractivity contribution in [3.63, 3.8) is 0 Å². The lowest BCUT2D eigenvalue weighted by molar-refractivity contribution is 0.566. The smallest absolute Gasteiger partial charge is 0.130 e. The van der Waals surface area contributed by atoms with Crippen LogP contribution in [0.2, 0.25) is 0 Å². The van der Waals surface area contributed by atoms with E-state index in [1.807, 2.05) is 0 Å². The van der Waals surface area contributed by atoms with Crippen molar-refractivity contribution < 1.29 is 8.78 Å². The van der Waals surface area contributed by atoms with Crippen LogP contribution in [0.4, 0.5) is 8.78 Å². The molecule has 0 aromatic heterocycles. The molecule has 0 aliphatic rings. The number of rotatable bonds is 4. The highest BCUT2D eigenvalue weighted by molar-refractivity contribution is 9.09. The van der Waals surface area contributed by atoms with Crippen molar-refractivity contribution in [2.45, 2.75) is 31.0 Å². The molecule has 0 bridgehead atoms. The van der Waals surface area contributed by atoms with E-state index in [1.165, 1.54) is 12.1 Å². The van der Waals surface area contributed by atoms with Gasteiger partial charge in [-0.3, -0.25) is 0 Å². The Kier molecular flexibility index (Phi) is 4.52. The molecule has 0 nitrogen and oxygen atoms in total. The van der Waals surface area contributed by atoms with Crippen molar-refractivity contribution in [1.82, 2.24) is 0 Å². The highest BCUT2D eigenvalue weighted by atomic mass is 79.9. The average molecular weight is 263 g/mol. The van der Waals surface area contributed by atoms with Gasteiger partial charge >= 0.3 is 0 Å². The summed E-state index contributed by atoms with van der Waals surface area (Å²) in [5.41, 5.74) is 0.542. The minimum absolute atomic E-state index is 0.0111. The van der Waals surface area contributed by atoms with E-state index in [0.717, 1.165) is 25.3 Å². The van der Waals surface area contributed by atoms with Gasteiger partial charge in [-0.2, -0.15) is 0 Å². The second-order valence-electron chi connectivity index (χ2n) is 3.28. The number of hydrogen-bond donors (Lipinski definition) is 0. The molecule has 0 amide bonds. The van der Waals surface area contributed by atoms with Crippen LogP contribution in [0.3, 0.4) is 0 Å². The fourth-order valence-corrected chi connectivity index (χ4v) is 1.99. The van der Waals surface area contributed by atoms with Crippen LogP contribution in [-0.4, -0.2) is 0 Å². The lowest BCUT2D eigenvalue weighted by Crippen LogP contribution is -1.95. The molecular weight excluding hydrogens is 250 g/mol. The van der Waals surface area contributed by atoms with Crippen molar-refractivity contribution in [3.8, 4) is 0 Å². The zero-order valence-electron chi connectivity index (χ0n) is 8.06. The standard InChI is InChI=1S/C11H13BrF2/c1-2-3-4-10(12)9-6-5-8(13)7-11(9)14/h5-7,10H,2-4H2,1H3. The van der Waals surface area contributed by atoms with E-state index in [-0.39, 0.29) is 4.83 Å². The van der Waals surface area contributed by atoms with E-state index in [2.05, 4.69) is 22.9 Å². The van der Waals surface area contributed by atoms with Gasteiger partial charge in [0.05, 0.1) is 0 Å². The van der Waals surface area contributed by atoms with Gasteiger partial charge in [-0.1, -0.05) is 41.8 Å². The van der Waals surface area contributed by atoms with Crippen LogP contribution in [-0.2, 0) is 0 Å². The summed E-state index contributed by atoms with van der Waals surface area (Å²) in [4.78, 5) is -0.0111. The molecule has 1 aromatic carbocycles. The Balaban J connectivity index is 2.74. The van der Waals surface area contributed by atoms with Crippen molar-refractivity contribution in [2.24, 2.45) is 0 Å². The first-order valence-electron chi connectivity index (χ1n) is 4.74. The summed E-state index contributed by atoms with van der Waals surface area (Å²) in [5, 5.41) is 0. The van der Waals surface area contributed by atoms with Gasteiger partial charge in [0, 0.05) is 16.5 Å². The molecule has 0 N–H and O–H groups in total. The number of hydrogen-bond acceptors (Lipinski definition) is 0. The van der Waals surface area contributed by atoms with Gasteiger partial charge in [-0.15, -0.1) is 0 Å². The molecule has 0 radical (unpaired) electrons. The maximum atomic E-state index is 13.3. The molecule has 3 heteroatoms. The summed E-state index contributed by atoms with van der Waals surface area (Å²) in [7, 11) is 0. The van der Waals surface area contributed by atoms with Crippen LogP contribution < -0.4 is 0 Å². The molecule has 1 atom stereocenters. The molecule has 0 fully saturated rings. The third-order valence-electron chi connectivity index (χ3n) is 2.11. The number of alkyl halides is 1. The van der Waals surface area contributed by atoms with Gasteiger partial charge in [0.2, 0.25) is 0 Å². The van der Waals surface area contributed by atoms with Crippen molar-refractivity contribution in [1.29, 1.82) is 0 Å². The van der Waals surface area contributed by atoms with Gasteiger partial charge in [0.25, 0.3) is 0 Å². The Labute approximate surface area is 91.5 Å². The third kappa shape index (κ3) is 3.05. The normalized spacial score (nSPS) is 12.9. The van der Waals surface area contributed by atoms with Gasteiger partial charge in [0.1, 0.15) is 11.6 Å². The van der Waals surface area contributed by atoms with Crippen LogP contribution in [0.25, 0.3) is 0 Å². The zero-order chi connectivity index (χ0) is 10.6. The molecule has 0 saturated heterocycles. The van der Waals surface area contributed by atoms with Crippen LogP contribution in [0.15, 0.2) is 18.2 Å². The van der Waals surface area contributed by atoms with Crippen LogP contribution in [0.1, 0.15) is 36.6 Å². The molecule has 0 aliphatic heterocycles. The van der Waals surface area contributed by atoms with E-state index >= 15 is 0 Å². The second-order valence-corrected chi connectivity index (χ2v) is 4.38. The Morgan fingerprint density at radius 2 is 2.07 bits per heavy atom. The molecule has 1 rings (SSSR count). The monoisotopic (exact) mass is 262 g/mol. The largest absolute Gasteiger partial charge is 0.207 e. The Bertz CT molecular complexity index is 299. The molecule has 78 valence electrons. The minimum Gasteiger partial charge on any atom is -0.207 e. The van der Waals surface area contributed by atoms with Crippen LogP contribution >= 0.6 is 15.9 Å². The van der Waals surface area contributed by atoms with E-state index in [0.29, 0.717) is 5.56 Å². The highest BCUT2D eigenvalue weighted by Crippen LogP contribution is 2.30. The van der Waals surface area contributed by atoms with Gasteiger partial charge in [-0.25, -0.2) is 8.78 Å². The summed E-state index contributed by atoms with van der Waals surface area (Å²) >= 11 is 3.40.